The van der Waals surface area contributed by atoms with E-state index in [0.29, 0.717) is 6.42 Å². The van der Waals surface area contributed by atoms with Crippen LogP contribution in [0.25, 0.3) is 21.9 Å². The van der Waals surface area contributed by atoms with Crippen LogP contribution in [0.2, 0.25) is 0 Å². The van der Waals surface area contributed by atoms with Crippen molar-refractivity contribution in [2.24, 2.45) is 0 Å². The standard InChI is InChI=1S/C18H14BrNO2S/c19-14-8-5-12(6-9-14)11-13(7-10-17(21)22)18-20-15-3-1-2-4-16(15)23-18/h1-6,8-9,11H,7,10H2,(H,21,22)/b13-11+. The summed E-state index contributed by atoms with van der Waals surface area (Å²) in [5.41, 5.74) is 2.94. The van der Waals surface area contributed by atoms with Gasteiger partial charge < -0.3 is 5.11 Å². The van der Waals surface area contributed by atoms with Crippen molar-refractivity contribution in [1.29, 1.82) is 0 Å². The molecule has 23 heavy (non-hydrogen) atoms. The number of carboxylic acid groups (broad SMARTS) is 1. The maximum absolute atomic E-state index is 11.0. The van der Waals surface area contributed by atoms with Gasteiger partial charge in [0.2, 0.25) is 0 Å². The molecule has 0 aliphatic rings. The Balaban J connectivity index is 2.00. The lowest BCUT2D eigenvalue weighted by Gasteiger charge is -2.03. The quantitative estimate of drug-likeness (QED) is 0.631. The molecule has 0 amide bonds. The molecule has 3 aromatic rings. The molecule has 3 rings (SSSR count). The van der Waals surface area contributed by atoms with Crippen LogP contribution < -0.4 is 0 Å². The minimum absolute atomic E-state index is 0.0955. The van der Waals surface area contributed by atoms with Gasteiger partial charge in [0.15, 0.2) is 0 Å². The molecular formula is C18H14BrNO2S. The van der Waals surface area contributed by atoms with Crippen molar-refractivity contribution in [3.63, 3.8) is 0 Å². The highest BCUT2D eigenvalue weighted by atomic mass is 79.9. The Morgan fingerprint density at radius 1 is 1.13 bits per heavy atom. The van der Waals surface area contributed by atoms with E-state index in [1.165, 1.54) is 0 Å². The molecule has 0 bridgehead atoms. The van der Waals surface area contributed by atoms with Crippen LogP contribution in [0.4, 0.5) is 0 Å². The number of para-hydroxylation sites is 1. The van der Waals surface area contributed by atoms with Crippen LogP contribution in [-0.4, -0.2) is 16.1 Å². The zero-order valence-electron chi connectivity index (χ0n) is 12.2. The molecule has 116 valence electrons. The molecule has 0 saturated heterocycles. The summed E-state index contributed by atoms with van der Waals surface area (Å²) in [6.07, 6.45) is 2.58. The molecule has 1 heterocycles. The lowest BCUT2D eigenvalue weighted by molar-refractivity contribution is -0.136. The van der Waals surface area contributed by atoms with Crippen molar-refractivity contribution in [2.75, 3.05) is 0 Å². The zero-order chi connectivity index (χ0) is 16.2. The number of halogens is 1. The van der Waals surface area contributed by atoms with Gasteiger partial charge in [-0.05, 0) is 47.9 Å². The van der Waals surface area contributed by atoms with E-state index in [1.54, 1.807) is 11.3 Å². The van der Waals surface area contributed by atoms with Crippen molar-refractivity contribution >= 4 is 55.1 Å². The number of carboxylic acids is 1. The normalized spacial score (nSPS) is 11.8. The number of thiazole rings is 1. The van der Waals surface area contributed by atoms with E-state index in [0.717, 1.165) is 30.8 Å². The van der Waals surface area contributed by atoms with Crippen LogP contribution in [0.5, 0.6) is 0 Å². The first kappa shape index (κ1) is 15.9. The molecular weight excluding hydrogens is 374 g/mol. The fourth-order valence-corrected chi connectivity index (χ4v) is 3.53. The predicted octanol–water partition coefficient (Wildman–Crippen LogP) is 5.46. The summed E-state index contributed by atoms with van der Waals surface area (Å²) < 4.78 is 2.13. The van der Waals surface area contributed by atoms with Crippen LogP contribution in [0.3, 0.4) is 0 Å². The summed E-state index contributed by atoms with van der Waals surface area (Å²) in [6.45, 7) is 0. The lowest BCUT2D eigenvalue weighted by Crippen LogP contribution is -1.95. The summed E-state index contributed by atoms with van der Waals surface area (Å²) in [5.74, 6) is -0.798. The summed E-state index contributed by atoms with van der Waals surface area (Å²) in [6, 6.07) is 15.9. The second-order valence-electron chi connectivity index (χ2n) is 5.10. The first-order chi connectivity index (χ1) is 11.1. The average molecular weight is 388 g/mol. The molecule has 3 nitrogen and oxygen atoms in total. The number of nitrogens with zero attached hydrogens (tertiary/aromatic N) is 1. The van der Waals surface area contributed by atoms with Gasteiger partial charge in [-0.25, -0.2) is 4.98 Å². The summed E-state index contributed by atoms with van der Waals surface area (Å²) in [7, 11) is 0. The van der Waals surface area contributed by atoms with E-state index in [2.05, 4.69) is 20.9 Å². The maximum atomic E-state index is 11.0. The third kappa shape index (κ3) is 4.06. The maximum Gasteiger partial charge on any atom is 0.303 e. The van der Waals surface area contributed by atoms with Gasteiger partial charge in [-0.2, -0.15) is 0 Å². The van der Waals surface area contributed by atoms with Crippen LogP contribution in [-0.2, 0) is 4.79 Å². The van der Waals surface area contributed by atoms with Gasteiger partial charge in [-0.1, -0.05) is 40.2 Å². The van der Waals surface area contributed by atoms with Gasteiger partial charge in [-0.15, -0.1) is 11.3 Å². The smallest absolute Gasteiger partial charge is 0.303 e. The Morgan fingerprint density at radius 2 is 1.87 bits per heavy atom. The minimum Gasteiger partial charge on any atom is -0.481 e. The van der Waals surface area contributed by atoms with Gasteiger partial charge in [-0.3, -0.25) is 4.79 Å². The van der Waals surface area contributed by atoms with Crippen LogP contribution >= 0.6 is 27.3 Å². The van der Waals surface area contributed by atoms with Crippen molar-refractivity contribution < 1.29 is 9.90 Å². The van der Waals surface area contributed by atoms with Crippen molar-refractivity contribution in [2.45, 2.75) is 12.8 Å². The molecule has 0 spiro atoms. The molecule has 0 unspecified atom stereocenters. The fourth-order valence-electron chi connectivity index (χ4n) is 2.25. The monoisotopic (exact) mass is 387 g/mol. The molecule has 0 saturated carbocycles. The summed E-state index contributed by atoms with van der Waals surface area (Å²) >= 11 is 5.02. The summed E-state index contributed by atoms with van der Waals surface area (Å²) in [4.78, 5) is 15.6. The van der Waals surface area contributed by atoms with E-state index in [4.69, 9.17) is 5.11 Å². The molecule has 1 aromatic heterocycles. The Morgan fingerprint density at radius 3 is 2.57 bits per heavy atom. The molecule has 1 N–H and O–H groups in total. The number of rotatable bonds is 5. The minimum atomic E-state index is -0.798. The van der Waals surface area contributed by atoms with Gasteiger partial charge in [0.05, 0.1) is 10.2 Å². The topological polar surface area (TPSA) is 50.2 Å². The zero-order valence-corrected chi connectivity index (χ0v) is 14.6. The number of allylic oxidation sites excluding steroid dienone is 1. The summed E-state index contributed by atoms with van der Waals surface area (Å²) in [5, 5.41) is 9.89. The third-order valence-electron chi connectivity index (χ3n) is 3.39. The van der Waals surface area contributed by atoms with Crippen molar-refractivity contribution in [1.82, 2.24) is 4.98 Å². The predicted molar refractivity (Wildman–Crippen MR) is 98.5 cm³/mol. The van der Waals surface area contributed by atoms with Crippen LogP contribution in [0.1, 0.15) is 23.4 Å². The van der Waals surface area contributed by atoms with E-state index >= 15 is 0 Å². The molecule has 0 fully saturated rings. The molecule has 0 atom stereocenters. The van der Waals surface area contributed by atoms with E-state index in [9.17, 15) is 4.79 Å². The molecule has 5 heteroatoms. The largest absolute Gasteiger partial charge is 0.481 e. The van der Waals surface area contributed by atoms with E-state index in [1.807, 2.05) is 54.6 Å². The fraction of sp³-hybridized carbons (Fsp3) is 0.111. The Hall–Kier alpha value is -1.98. The highest BCUT2D eigenvalue weighted by Crippen LogP contribution is 2.31. The second-order valence-corrected chi connectivity index (χ2v) is 7.05. The second kappa shape index (κ2) is 7.06. The highest BCUT2D eigenvalue weighted by Gasteiger charge is 2.11. The number of hydrogen-bond acceptors (Lipinski definition) is 3. The first-order valence-electron chi connectivity index (χ1n) is 7.16. The van der Waals surface area contributed by atoms with E-state index in [-0.39, 0.29) is 6.42 Å². The number of benzene rings is 2. The highest BCUT2D eigenvalue weighted by molar-refractivity contribution is 9.10. The number of fused-ring (bicyclic) bond motifs is 1. The molecule has 0 aliphatic carbocycles. The molecule has 0 aliphatic heterocycles. The number of hydrogen-bond donors (Lipinski definition) is 1. The number of aromatic nitrogens is 1. The van der Waals surface area contributed by atoms with E-state index < -0.39 is 5.97 Å². The van der Waals surface area contributed by atoms with Gasteiger partial charge in [0.25, 0.3) is 0 Å². The number of carbonyl (C=O) groups is 1. The van der Waals surface area contributed by atoms with Gasteiger partial charge in [0.1, 0.15) is 5.01 Å². The van der Waals surface area contributed by atoms with Crippen molar-refractivity contribution in [3.8, 4) is 0 Å². The first-order valence-corrected chi connectivity index (χ1v) is 8.76. The lowest BCUT2D eigenvalue weighted by atomic mass is 10.1. The van der Waals surface area contributed by atoms with Gasteiger partial charge in [0, 0.05) is 10.9 Å². The van der Waals surface area contributed by atoms with Gasteiger partial charge >= 0.3 is 5.97 Å². The van der Waals surface area contributed by atoms with Crippen LogP contribution in [0, 0.1) is 0 Å². The van der Waals surface area contributed by atoms with Crippen LogP contribution in [0.15, 0.2) is 53.0 Å². The Labute approximate surface area is 146 Å². The Kier molecular flexibility index (Phi) is 4.88. The number of aliphatic carboxylic acids is 1. The average Bonchev–Trinajstić information content (AvgIpc) is 2.97. The Bertz CT molecular complexity index is 835. The SMILES string of the molecule is O=C(O)CC/C(=C\c1ccc(Br)cc1)c1nc2ccccc2s1. The molecule has 2 aromatic carbocycles. The van der Waals surface area contributed by atoms with Crippen molar-refractivity contribution in [3.05, 3.63) is 63.6 Å². The third-order valence-corrected chi connectivity index (χ3v) is 5.03. The molecule has 0 radical (unpaired) electrons.